The second kappa shape index (κ2) is 5.74. The molecule has 0 aromatic carbocycles. The zero-order valence-corrected chi connectivity index (χ0v) is 10.1. The van der Waals surface area contributed by atoms with Crippen LogP contribution in [0.5, 0.6) is 0 Å². The fourth-order valence-corrected chi connectivity index (χ4v) is 1.77. The van der Waals surface area contributed by atoms with Crippen LogP contribution in [-0.4, -0.2) is 32.5 Å². The molecule has 7 heteroatoms. The van der Waals surface area contributed by atoms with E-state index in [0.29, 0.717) is 24.2 Å². The van der Waals surface area contributed by atoms with E-state index in [9.17, 15) is 15.2 Å². The molecule has 0 saturated heterocycles. The molecule has 1 rings (SSSR count). The summed E-state index contributed by atoms with van der Waals surface area (Å²) in [4.78, 5) is 10.6. The van der Waals surface area contributed by atoms with Crippen LogP contribution in [0.25, 0.3) is 0 Å². The van der Waals surface area contributed by atoms with Crippen molar-refractivity contribution in [3.8, 4) is 0 Å². The Bertz CT molecular complexity index is 403. The Labute approximate surface area is 99.4 Å². The Hall–Kier alpha value is -1.47. The predicted molar refractivity (Wildman–Crippen MR) is 62.7 cm³/mol. The van der Waals surface area contributed by atoms with Gasteiger partial charge in [-0.2, -0.15) is 5.10 Å². The average Bonchev–Trinajstić information content (AvgIpc) is 2.66. The Morgan fingerprint density at radius 1 is 1.53 bits per heavy atom. The van der Waals surface area contributed by atoms with Gasteiger partial charge in [-0.3, -0.25) is 14.8 Å². The zero-order valence-electron chi connectivity index (χ0n) is 10.1. The quantitative estimate of drug-likeness (QED) is 0.548. The van der Waals surface area contributed by atoms with Crippen LogP contribution in [0.1, 0.15) is 25.2 Å². The third-order valence-corrected chi connectivity index (χ3v) is 2.61. The van der Waals surface area contributed by atoms with Gasteiger partial charge in [0.25, 0.3) is 0 Å². The first kappa shape index (κ1) is 13.6. The Balaban J connectivity index is 3.17. The van der Waals surface area contributed by atoms with Crippen molar-refractivity contribution in [1.29, 1.82) is 0 Å². The third kappa shape index (κ3) is 2.80. The first-order valence-corrected chi connectivity index (χ1v) is 5.66. The minimum Gasteiger partial charge on any atom is -0.390 e. The lowest BCUT2D eigenvalue weighted by Crippen LogP contribution is -2.26. The molecule has 0 saturated carbocycles. The fraction of sp³-hybridized carbons (Fsp3) is 0.700. The van der Waals surface area contributed by atoms with E-state index in [-0.39, 0.29) is 18.8 Å². The Morgan fingerprint density at radius 3 is 2.59 bits per heavy atom. The number of aliphatic hydroxyl groups is 1. The lowest BCUT2D eigenvalue weighted by molar-refractivity contribution is -0.386. The van der Waals surface area contributed by atoms with Crippen molar-refractivity contribution >= 4 is 5.69 Å². The van der Waals surface area contributed by atoms with Gasteiger partial charge in [-0.25, -0.2) is 0 Å². The molecule has 0 spiro atoms. The van der Waals surface area contributed by atoms with E-state index >= 15 is 0 Å². The van der Waals surface area contributed by atoms with Gasteiger partial charge in [0.15, 0.2) is 0 Å². The van der Waals surface area contributed by atoms with E-state index in [2.05, 4.69) is 5.10 Å². The topological polar surface area (TPSA) is 107 Å². The summed E-state index contributed by atoms with van der Waals surface area (Å²) in [6.45, 7) is 3.95. The third-order valence-electron chi connectivity index (χ3n) is 2.61. The monoisotopic (exact) mass is 242 g/mol. The van der Waals surface area contributed by atoms with E-state index < -0.39 is 11.0 Å². The molecule has 0 amide bonds. The number of nitrogens with zero attached hydrogens (tertiary/aromatic N) is 3. The van der Waals surface area contributed by atoms with E-state index in [1.807, 2.05) is 13.8 Å². The Kier molecular flexibility index (Phi) is 4.59. The molecule has 0 radical (unpaired) electrons. The number of rotatable bonds is 6. The molecule has 0 bridgehead atoms. The first-order valence-electron chi connectivity index (χ1n) is 5.66. The summed E-state index contributed by atoms with van der Waals surface area (Å²) in [5.41, 5.74) is 6.39. The van der Waals surface area contributed by atoms with Gasteiger partial charge in [0, 0.05) is 6.54 Å². The molecule has 0 unspecified atom stereocenters. The van der Waals surface area contributed by atoms with Crippen LogP contribution < -0.4 is 5.73 Å². The minimum atomic E-state index is -0.732. The van der Waals surface area contributed by atoms with Crippen molar-refractivity contribution in [2.45, 2.75) is 39.3 Å². The number of hydrogen-bond donors (Lipinski definition) is 2. The number of aryl methyl sites for hydroxylation is 1. The maximum Gasteiger partial charge on any atom is 0.313 e. The summed E-state index contributed by atoms with van der Waals surface area (Å²) >= 11 is 0. The number of hydrogen-bond acceptors (Lipinski definition) is 5. The largest absolute Gasteiger partial charge is 0.390 e. The standard InChI is InChI=1S/C10H18N4O3/c1-3-8-10(14(16)17)9(4-2)13(12-8)6-7(15)5-11/h7,15H,3-6,11H2,1-2H3/t7-/m1/s1. The lowest BCUT2D eigenvalue weighted by atomic mass is 10.2. The highest BCUT2D eigenvalue weighted by Crippen LogP contribution is 2.24. The molecule has 0 aliphatic heterocycles. The maximum absolute atomic E-state index is 11.0. The molecule has 0 fully saturated rings. The number of nitro groups is 1. The van der Waals surface area contributed by atoms with Crippen molar-refractivity contribution in [3.05, 3.63) is 21.5 Å². The van der Waals surface area contributed by atoms with Crippen molar-refractivity contribution in [2.75, 3.05) is 6.54 Å². The summed E-state index contributed by atoms with van der Waals surface area (Å²) in [5.74, 6) is 0. The van der Waals surface area contributed by atoms with E-state index in [0.717, 1.165) is 0 Å². The Morgan fingerprint density at radius 2 is 2.18 bits per heavy atom. The normalized spacial score (nSPS) is 12.7. The lowest BCUT2D eigenvalue weighted by Gasteiger charge is -2.09. The highest BCUT2D eigenvalue weighted by atomic mass is 16.6. The second-order valence-corrected chi connectivity index (χ2v) is 3.78. The van der Waals surface area contributed by atoms with Gasteiger partial charge in [-0.15, -0.1) is 0 Å². The molecular formula is C10H18N4O3. The molecule has 0 aliphatic rings. The smallest absolute Gasteiger partial charge is 0.313 e. The van der Waals surface area contributed by atoms with Gasteiger partial charge in [-0.1, -0.05) is 13.8 Å². The zero-order chi connectivity index (χ0) is 13.0. The molecule has 96 valence electrons. The molecule has 1 atom stereocenters. The van der Waals surface area contributed by atoms with Crippen molar-refractivity contribution < 1.29 is 10.0 Å². The van der Waals surface area contributed by atoms with Crippen LogP contribution in [-0.2, 0) is 19.4 Å². The summed E-state index contributed by atoms with van der Waals surface area (Å²) in [5, 5.41) is 24.6. The summed E-state index contributed by atoms with van der Waals surface area (Å²) in [6.07, 6.45) is 0.264. The number of nitrogens with two attached hydrogens (primary N) is 1. The summed E-state index contributed by atoms with van der Waals surface area (Å²) in [6, 6.07) is 0. The molecule has 1 aromatic heterocycles. The van der Waals surface area contributed by atoms with Gasteiger partial charge >= 0.3 is 5.69 Å². The van der Waals surface area contributed by atoms with Gasteiger partial charge in [0.2, 0.25) is 0 Å². The summed E-state index contributed by atoms with van der Waals surface area (Å²) in [7, 11) is 0. The van der Waals surface area contributed by atoms with E-state index in [4.69, 9.17) is 5.73 Å². The molecule has 0 aliphatic carbocycles. The SMILES string of the molecule is CCc1nn(C[C@H](O)CN)c(CC)c1[N+](=O)[O-]. The van der Waals surface area contributed by atoms with E-state index in [1.165, 1.54) is 4.68 Å². The first-order chi connectivity index (χ1) is 8.04. The van der Waals surface area contributed by atoms with Crippen LogP contribution in [0, 0.1) is 10.1 Å². The van der Waals surface area contributed by atoms with Gasteiger partial charge < -0.3 is 10.8 Å². The van der Waals surface area contributed by atoms with Crippen LogP contribution in [0.15, 0.2) is 0 Å². The van der Waals surface area contributed by atoms with E-state index in [1.54, 1.807) is 0 Å². The van der Waals surface area contributed by atoms with Gasteiger partial charge in [-0.05, 0) is 12.8 Å². The van der Waals surface area contributed by atoms with Crippen molar-refractivity contribution in [1.82, 2.24) is 9.78 Å². The van der Waals surface area contributed by atoms with Crippen molar-refractivity contribution in [3.63, 3.8) is 0 Å². The fourth-order valence-electron chi connectivity index (χ4n) is 1.77. The van der Waals surface area contributed by atoms with Crippen LogP contribution in [0.4, 0.5) is 5.69 Å². The summed E-state index contributed by atoms with van der Waals surface area (Å²) < 4.78 is 1.49. The van der Waals surface area contributed by atoms with Gasteiger partial charge in [0.1, 0.15) is 11.4 Å². The number of aliphatic hydroxyl groups excluding tert-OH is 1. The van der Waals surface area contributed by atoms with Gasteiger partial charge in [0.05, 0.1) is 17.6 Å². The maximum atomic E-state index is 11.0. The molecule has 3 N–H and O–H groups in total. The molecule has 1 aromatic rings. The van der Waals surface area contributed by atoms with Crippen LogP contribution in [0.2, 0.25) is 0 Å². The average molecular weight is 242 g/mol. The highest BCUT2D eigenvalue weighted by molar-refractivity contribution is 5.41. The minimum absolute atomic E-state index is 0.0687. The predicted octanol–water partition coefficient (Wildman–Crippen LogP) is 0.236. The highest BCUT2D eigenvalue weighted by Gasteiger charge is 2.25. The molecular weight excluding hydrogens is 224 g/mol. The molecule has 7 nitrogen and oxygen atoms in total. The van der Waals surface area contributed by atoms with Crippen LogP contribution >= 0.6 is 0 Å². The second-order valence-electron chi connectivity index (χ2n) is 3.78. The number of aromatic nitrogens is 2. The molecule has 1 heterocycles. The van der Waals surface area contributed by atoms with Crippen molar-refractivity contribution in [2.24, 2.45) is 5.73 Å². The van der Waals surface area contributed by atoms with Crippen LogP contribution in [0.3, 0.4) is 0 Å². The molecule has 17 heavy (non-hydrogen) atoms.